The van der Waals surface area contributed by atoms with Gasteiger partial charge in [0, 0.05) is 24.8 Å². The van der Waals surface area contributed by atoms with Gasteiger partial charge in [-0.3, -0.25) is 0 Å². The first-order chi connectivity index (χ1) is 7.46. The predicted molar refractivity (Wildman–Crippen MR) is 65.6 cm³/mol. The lowest BCUT2D eigenvalue weighted by Crippen LogP contribution is -2.42. The number of methoxy groups -OCH3 is 1. The monoisotopic (exact) mass is 223 g/mol. The van der Waals surface area contributed by atoms with Crippen LogP contribution < -0.4 is 5.32 Å². The van der Waals surface area contributed by atoms with Gasteiger partial charge in [0.2, 0.25) is 0 Å². The van der Waals surface area contributed by atoms with E-state index in [-0.39, 0.29) is 5.54 Å². The minimum Gasteiger partial charge on any atom is -0.507 e. The zero-order valence-electron chi connectivity index (χ0n) is 10.5. The Kier molecular flexibility index (Phi) is 4.33. The molecule has 0 saturated heterocycles. The molecule has 0 aromatic heterocycles. The minimum atomic E-state index is -0.0923. The molecule has 3 nitrogen and oxygen atoms in total. The molecule has 3 heteroatoms. The second kappa shape index (κ2) is 5.32. The molecule has 0 fully saturated rings. The number of phenolic OH excluding ortho intramolecular Hbond substituents is 1. The lowest BCUT2D eigenvalue weighted by Gasteiger charge is -2.25. The summed E-state index contributed by atoms with van der Waals surface area (Å²) in [5.41, 5.74) is 1.73. The molecule has 1 aromatic rings. The number of aryl methyl sites for hydroxylation is 1. The number of ether oxygens (including phenoxy) is 1. The standard InChI is InChI=1S/C13H21NO2/c1-10-6-5-7-11(12(10)15)8-14-13(2,3)9-16-4/h5-7,14-15H,8-9H2,1-4H3. The third kappa shape index (κ3) is 3.51. The Morgan fingerprint density at radius 1 is 1.38 bits per heavy atom. The number of para-hydroxylation sites is 1. The summed E-state index contributed by atoms with van der Waals surface area (Å²) in [7, 11) is 1.69. The number of hydrogen-bond donors (Lipinski definition) is 2. The van der Waals surface area contributed by atoms with Gasteiger partial charge in [-0.05, 0) is 26.3 Å². The SMILES string of the molecule is COCC(C)(C)NCc1cccc(C)c1O. The first-order valence-corrected chi connectivity index (χ1v) is 5.48. The van der Waals surface area contributed by atoms with Gasteiger partial charge >= 0.3 is 0 Å². The molecular formula is C13H21NO2. The van der Waals surface area contributed by atoms with Gasteiger partial charge in [0.1, 0.15) is 5.75 Å². The molecule has 0 atom stereocenters. The third-order valence-electron chi connectivity index (χ3n) is 2.58. The maximum absolute atomic E-state index is 9.85. The molecule has 0 bridgehead atoms. The summed E-state index contributed by atoms with van der Waals surface area (Å²) in [6.07, 6.45) is 0. The molecule has 90 valence electrons. The van der Waals surface area contributed by atoms with Gasteiger partial charge in [0.05, 0.1) is 6.61 Å². The average Bonchev–Trinajstić information content (AvgIpc) is 2.20. The predicted octanol–water partition coefficient (Wildman–Crippen LogP) is 2.22. The van der Waals surface area contributed by atoms with Crippen molar-refractivity contribution < 1.29 is 9.84 Å². The molecule has 0 spiro atoms. The minimum absolute atomic E-state index is 0.0923. The highest BCUT2D eigenvalue weighted by Crippen LogP contribution is 2.21. The Morgan fingerprint density at radius 2 is 2.06 bits per heavy atom. The second-order valence-electron chi connectivity index (χ2n) is 4.75. The van der Waals surface area contributed by atoms with Crippen LogP contribution in [0.4, 0.5) is 0 Å². The van der Waals surface area contributed by atoms with Crippen molar-refractivity contribution in [2.75, 3.05) is 13.7 Å². The highest BCUT2D eigenvalue weighted by atomic mass is 16.5. The Labute approximate surface area is 97.4 Å². The first kappa shape index (κ1) is 13.0. The molecule has 0 heterocycles. The highest BCUT2D eigenvalue weighted by Gasteiger charge is 2.17. The van der Waals surface area contributed by atoms with Crippen molar-refractivity contribution in [2.24, 2.45) is 0 Å². The molecular weight excluding hydrogens is 202 g/mol. The smallest absolute Gasteiger partial charge is 0.122 e. The Balaban J connectivity index is 2.64. The van der Waals surface area contributed by atoms with Crippen molar-refractivity contribution in [1.82, 2.24) is 5.32 Å². The molecule has 0 aliphatic carbocycles. The van der Waals surface area contributed by atoms with Gasteiger partial charge in [-0.25, -0.2) is 0 Å². The lowest BCUT2D eigenvalue weighted by atomic mass is 10.1. The lowest BCUT2D eigenvalue weighted by molar-refractivity contribution is 0.127. The van der Waals surface area contributed by atoms with E-state index >= 15 is 0 Å². The number of nitrogens with one attached hydrogen (secondary N) is 1. The van der Waals surface area contributed by atoms with Crippen LogP contribution in [-0.2, 0) is 11.3 Å². The molecule has 0 aliphatic heterocycles. The van der Waals surface area contributed by atoms with Crippen molar-refractivity contribution in [1.29, 1.82) is 0 Å². The molecule has 16 heavy (non-hydrogen) atoms. The number of rotatable bonds is 5. The summed E-state index contributed by atoms with van der Waals surface area (Å²) < 4.78 is 5.12. The summed E-state index contributed by atoms with van der Waals surface area (Å²) >= 11 is 0. The van der Waals surface area contributed by atoms with E-state index in [1.54, 1.807) is 7.11 Å². The molecule has 1 rings (SSSR count). The Morgan fingerprint density at radius 3 is 2.69 bits per heavy atom. The molecule has 0 radical (unpaired) electrons. The van der Waals surface area contributed by atoms with Crippen molar-refractivity contribution in [3.63, 3.8) is 0 Å². The van der Waals surface area contributed by atoms with Gasteiger partial charge < -0.3 is 15.2 Å². The first-order valence-electron chi connectivity index (χ1n) is 5.48. The fourth-order valence-electron chi connectivity index (χ4n) is 1.61. The maximum Gasteiger partial charge on any atom is 0.122 e. The van der Waals surface area contributed by atoms with Gasteiger partial charge in [-0.15, -0.1) is 0 Å². The zero-order valence-corrected chi connectivity index (χ0v) is 10.5. The van der Waals surface area contributed by atoms with E-state index in [0.29, 0.717) is 18.9 Å². The van der Waals surface area contributed by atoms with Crippen molar-refractivity contribution >= 4 is 0 Å². The summed E-state index contributed by atoms with van der Waals surface area (Å²) in [5.74, 6) is 0.378. The van der Waals surface area contributed by atoms with E-state index in [4.69, 9.17) is 4.74 Å². The number of benzene rings is 1. The van der Waals surface area contributed by atoms with Crippen LogP contribution in [0, 0.1) is 6.92 Å². The number of phenols is 1. The fourth-order valence-corrected chi connectivity index (χ4v) is 1.61. The van der Waals surface area contributed by atoms with E-state index < -0.39 is 0 Å². The van der Waals surface area contributed by atoms with E-state index in [1.165, 1.54) is 0 Å². The van der Waals surface area contributed by atoms with Crippen LogP contribution in [0.2, 0.25) is 0 Å². The summed E-state index contributed by atoms with van der Waals surface area (Å²) in [6.45, 7) is 7.33. The van der Waals surface area contributed by atoms with Crippen molar-refractivity contribution in [2.45, 2.75) is 32.9 Å². The van der Waals surface area contributed by atoms with Crippen LogP contribution in [0.1, 0.15) is 25.0 Å². The molecule has 0 unspecified atom stereocenters. The van der Waals surface area contributed by atoms with Crippen LogP contribution in [0.5, 0.6) is 5.75 Å². The Hall–Kier alpha value is -1.06. The van der Waals surface area contributed by atoms with E-state index in [2.05, 4.69) is 19.2 Å². The van der Waals surface area contributed by atoms with Gasteiger partial charge in [0.15, 0.2) is 0 Å². The Bertz CT molecular complexity index is 348. The largest absolute Gasteiger partial charge is 0.507 e. The highest BCUT2D eigenvalue weighted by molar-refractivity contribution is 5.39. The molecule has 0 amide bonds. The van der Waals surface area contributed by atoms with Gasteiger partial charge in [-0.1, -0.05) is 18.2 Å². The zero-order chi connectivity index (χ0) is 12.2. The van der Waals surface area contributed by atoms with Gasteiger partial charge in [0.25, 0.3) is 0 Å². The van der Waals surface area contributed by atoms with Crippen molar-refractivity contribution in [3.8, 4) is 5.75 Å². The average molecular weight is 223 g/mol. The molecule has 1 aromatic carbocycles. The molecule has 0 aliphatic rings. The summed E-state index contributed by atoms with van der Waals surface area (Å²) in [4.78, 5) is 0. The second-order valence-corrected chi connectivity index (χ2v) is 4.75. The van der Waals surface area contributed by atoms with E-state index in [9.17, 15) is 5.11 Å². The van der Waals surface area contributed by atoms with Crippen LogP contribution in [0.3, 0.4) is 0 Å². The van der Waals surface area contributed by atoms with Gasteiger partial charge in [-0.2, -0.15) is 0 Å². The van der Waals surface area contributed by atoms with E-state index in [0.717, 1.165) is 11.1 Å². The molecule has 2 N–H and O–H groups in total. The third-order valence-corrected chi connectivity index (χ3v) is 2.58. The topological polar surface area (TPSA) is 41.5 Å². The maximum atomic E-state index is 9.85. The summed E-state index contributed by atoms with van der Waals surface area (Å²) in [5, 5.41) is 13.2. The van der Waals surface area contributed by atoms with Crippen molar-refractivity contribution in [3.05, 3.63) is 29.3 Å². The van der Waals surface area contributed by atoms with Crippen LogP contribution >= 0.6 is 0 Å². The number of hydrogen-bond acceptors (Lipinski definition) is 3. The number of aromatic hydroxyl groups is 1. The quantitative estimate of drug-likeness (QED) is 0.804. The van der Waals surface area contributed by atoms with E-state index in [1.807, 2.05) is 25.1 Å². The van der Waals surface area contributed by atoms with Crippen LogP contribution in [0.25, 0.3) is 0 Å². The van der Waals surface area contributed by atoms with Crippen LogP contribution in [0.15, 0.2) is 18.2 Å². The van der Waals surface area contributed by atoms with Crippen LogP contribution in [-0.4, -0.2) is 24.4 Å². The fraction of sp³-hybridized carbons (Fsp3) is 0.538. The summed E-state index contributed by atoms with van der Waals surface area (Å²) in [6, 6.07) is 5.78. The normalized spacial score (nSPS) is 11.8. The molecule has 0 saturated carbocycles.